The lowest BCUT2D eigenvalue weighted by molar-refractivity contribution is 0.0734. The summed E-state index contributed by atoms with van der Waals surface area (Å²) in [5, 5.41) is 0. The molecule has 0 aliphatic heterocycles. The van der Waals surface area contributed by atoms with Crippen molar-refractivity contribution < 1.29 is 19.0 Å². The molecule has 39 heavy (non-hydrogen) atoms. The average Bonchev–Trinajstić information content (AvgIpc) is 2.96. The van der Waals surface area contributed by atoms with Gasteiger partial charge in [0.05, 0.1) is 18.3 Å². The number of carbonyl (C=O) groups is 1. The fourth-order valence-electron chi connectivity index (χ4n) is 4.52. The Balaban J connectivity index is 1.43. The number of esters is 1. The van der Waals surface area contributed by atoms with Gasteiger partial charge in [0.2, 0.25) is 0 Å². The van der Waals surface area contributed by atoms with Crippen molar-refractivity contribution in [3.63, 3.8) is 0 Å². The quantitative estimate of drug-likeness (QED) is 0.0932. The Morgan fingerprint density at radius 2 is 1.13 bits per heavy atom. The van der Waals surface area contributed by atoms with Crippen molar-refractivity contribution in [2.45, 2.75) is 97.5 Å². The molecule has 0 fully saturated rings. The molecule has 0 spiro atoms. The van der Waals surface area contributed by atoms with Gasteiger partial charge in [-0.25, -0.2) is 4.79 Å². The van der Waals surface area contributed by atoms with Crippen molar-refractivity contribution in [1.82, 2.24) is 0 Å². The lowest BCUT2D eigenvalue weighted by Gasteiger charge is -2.15. The van der Waals surface area contributed by atoms with Crippen molar-refractivity contribution in [3.8, 4) is 28.4 Å². The molecule has 0 aliphatic carbocycles. The standard InChI is InChI=1S/C35H46O4/c1-4-6-8-10-11-13-27-37-32-21-19-30(20-22-32)29-15-17-31(18-16-29)35(36)39-34-25-23-33(24-26-34)38-28(3)14-12-9-7-5-2/h15-26,28H,4-14,27H2,1-3H3. The van der Waals surface area contributed by atoms with Gasteiger partial charge in [0, 0.05) is 0 Å². The Kier molecular flexibility index (Phi) is 13.5. The van der Waals surface area contributed by atoms with Gasteiger partial charge in [0.1, 0.15) is 17.2 Å². The van der Waals surface area contributed by atoms with Crippen molar-refractivity contribution in [3.05, 3.63) is 78.4 Å². The van der Waals surface area contributed by atoms with Crippen LogP contribution < -0.4 is 14.2 Å². The first-order chi connectivity index (χ1) is 19.1. The molecular formula is C35H46O4. The Hall–Kier alpha value is -3.27. The lowest BCUT2D eigenvalue weighted by Crippen LogP contribution is -2.11. The molecule has 3 rings (SSSR count). The van der Waals surface area contributed by atoms with E-state index in [2.05, 4.69) is 32.9 Å². The summed E-state index contributed by atoms with van der Waals surface area (Å²) in [5.41, 5.74) is 2.63. The van der Waals surface area contributed by atoms with Crippen LogP contribution in [0.5, 0.6) is 17.2 Å². The fourth-order valence-corrected chi connectivity index (χ4v) is 4.52. The molecule has 0 aliphatic rings. The van der Waals surface area contributed by atoms with E-state index < -0.39 is 0 Å². The smallest absolute Gasteiger partial charge is 0.343 e. The monoisotopic (exact) mass is 530 g/mol. The summed E-state index contributed by atoms with van der Waals surface area (Å²) >= 11 is 0. The van der Waals surface area contributed by atoms with Gasteiger partial charge < -0.3 is 14.2 Å². The summed E-state index contributed by atoms with van der Waals surface area (Å²) in [6.45, 7) is 7.32. The first kappa shape index (κ1) is 30.3. The first-order valence-electron chi connectivity index (χ1n) is 14.9. The Morgan fingerprint density at radius 3 is 1.77 bits per heavy atom. The van der Waals surface area contributed by atoms with E-state index in [9.17, 15) is 4.79 Å². The second-order valence-electron chi connectivity index (χ2n) is 10.4. The molecule has 0 saturated carbocycles. The number of unbranched alkanes of at least 4 members (excludes halogenated alkanes) is 8. The van der Waals surface area contributed by atoms with Crippen LogP contribution in [0, 0.1) is 0 Å². The fraction of sp³-hybridized carbons (Fsp3) is 0.457. The average molecular weight is 531 g/mol. The van der Waals surface area contributed by atoms with Crippen LogP contribution in [0.4, 0.5) is 0 Å². The van der Waals surface area contributed by atoms with Crippen molar-refractivity contribution in [2.75, 3.05) is 6.61 Å². The largest absolute Gasteiger partial charge is 0.494 e. The van der Waals surface area contributed by atoms with Gasteiger partial charge in [0.15, 0.2) is 0 Å². The maximum Gasteiger partial charge on any atom is 0.343 e. The molecule has 3 aromatic carbocycles. The van der Waals surface area contributed by atoms with Gasteiger partial charge in [-0.2, -0.15) is 0 Å². The minimum atomic E-state index is -0.377. The van der Waals surface area contributed by atoms with Gasteiger partial charge in [0.25, 0.3) is 0 Å². The number of rotatable bonds is 18. The molecule has 1 unspecified atom stereocenters. The van der Waals surface area contributed by atoms with Gasteiger partial charge >= 0.3 is 5.97 Å². The lowest BCUT2D eigenvalue weighted by atomic mass is 10.0. The van der Waals surface area contributed by atoms with Crippen molar-refractivity contribution in [2.24, 2.45) is 0 Å². The molecule has 0 N–H and O–H groups in total. The van der Waals surface area contributed by atoms with Gasteiger partial charge in [-0.1, -0.05) is 89.5 Å². The topological polar surface area (TPSA) is 44.8 Å². The molecule has 4 heteroatoms. The van der Waals surface area contributed by atoms with E-state index >= 15 is 0 Å². The molecule has 0 amide bonds. The molecule has 0 radical (unpaired) electrons. The molecule has 0 aromatic heterocycles. The third kappa shape index (κ3) is 11.2. The Morgan fingerprint density at radius 1 is 0.615 bits per heavy atom. The summed E-state index contributed by atoms with van der Waals surface area (Å²) in [7, 11) is 0. The third-order valence-electron chi connectivity index (χ3n) is 6.91. The van der Waals surface area contributed by atoms with E-state index in [0.29, 0.717) is 11.3 Å². The van der Waals surface area contributed by atoms with Gasteiger partial charge in [-0.15, -0.1) is 0 Å². The maximum absolute atomic E-state index is 12.7. The van der Waals surface area contributed by atoms with E-state index in [0.717, 1.165) is 42.1 Å². The first-order valence-corrected chi connectivity index (χ1v) is 14.9. The normalized spacial score (nSPS) is 11.7. The van der Waals surface area contributed by atoms with Gasteiger partial charge in [-0.05, 0) is 85.8 Å². The molecule has 210 valence electrons. The zero-order valence-electron chi connectivity index (χ0n) is 24.1. The molecular weight excluding hydrogens is 484 g/mol. The molecule has 4 nitrogen and oxygen atoms in total. The predicted molar refractivity (Wildman–Crippen MR) is 161 cm³/mol. The van der Waals surface area contributed by atoms with E-state index in [1.807, 2.05) is 36.4 Å². The van der Waals surface area contributed by atoms with Crippen molar-refractivity contribution >= 4 is 5.97 Å². The summed E-state index contributed by atoms with van der Waals surface area (Å²) < 4.78 is 17.5. The number of hydrogen-bond acceptors (Lipinski definition) is 4. The van der Waals surface area contributed by atoms with Crippen LogP contribution in [0.3, 0.4) is 0 Å². The van der Waals surface area contributed by atoms with Crippen LogP contribution >= 0.6 is 0 Å². The van der Waals surface area contributed by atoms with E-state index in [4.69, 9.17) is 14.2 Å². The number of carbonyl (C=O) groups excluding carboxylic acids is 1. The van der Waals surface area contributed by atoms with E-state index in [1.165, 1.54) is 57.8 Å². The SMILES string of the molecule is CCCCCCCCOc1ccc(-c2ccc(C(=O)Oc3ccc(OC(C)CCCCCC)cc3)cc2)cc1. The van der Waals surface area contributed by atoms with Crippen LogP contribution in [-0.4, -0.2) is 18.7 Å². The van der Waals surface area contributed by atoms with Gasteiger partial charge in [-0.3, -0.25) is 0 Å². The van der Waals surface area contributed by atoms with Crippen LogP contribution in [-0.2, 0) is 0 Å². The predicted octanol–water partition coefficient (Wildman–Crippen LogP) is 10.0. The van der Waals surface area contributed by atoms with E-state index in [1.54, 1.807) is 24.3 Å². The minimum absolute atomic E-state index is 0.169. The number of benzene rings is 3. The zero-order valence-corrected chi connectivity index (χ0v) is 24.1. The Bertz CT molecular complexity index is 1070. The number of hydrogen-bond donors (Lipinski definition) is 0. The highest BCUT2D eigenvalue weighted by molar-refractivity contribution is 5.91. The second-order valence-corrected chi connectivity index (χ2v) is 10.4. The highest BCUT2D eigenvalue weighted by Gasteiger charge is 2.10. The minimum Gasteiger partial charge on any atom is -0.494 e. The van der Waals surface area contributed by atoms with Crippen LogP contribution in [0.25, 0.3) is 11.1 Å². The van der Waals surface area contributed by atoms with Crippen LogP contribution in [0.15, 0.2) is 72.8 Å². The molecule has 0 saturated heterocycles. The molecule has 0 heterocycles. The summed E-state index contributed by atoms with van der Waals surface area (Å²) in [4.78, 5) is 12.7. The van der Waals surface area contributed by atoms with E-state index in [-0.39, 0.29) is 12.1 Å². The zero-order chi connectivity index (χ0) is 27.7. The summed E-state index contributed by atoms with van der Waals surface area (Å²) in [6.07, 6.45) is 13.7. The maximum atomic E-state index is 12.7. The number of ether oxygens (including phenoxy) is 3. The third-order valence-corrected chi connectivity index (χ3v) is 6.91. The summed E-state index contributed by atoms with van der Waals surface area (Å²) in [6, 6.07) is 22.9. The highest BCUT2D eigenvalue weighted by atomic mass is 16.5. The highest BCUT2D eigenvalue weighted by Crippen LogP contribution is 2.25. The van der Waals surface area contributed by atoms with Crippen molar-refractivity contribution in [1.29, 1.82) is 0 Å². The van der Waals surface area contributed by atoms with Crippen LogP contribution in [0.2, 0.25) is 0 Å². The molecule has 0 bridgehead atoms. The second kappa shape index (κ2) is 17.3. The Labute approximate surface area is 235 Å². The molecule has 3 aromatic rings. The summed E-state index contributed by atoms with van der Waals surface area (Å²) in [5.74, 6) is 1.81. The molecule has 1 atom stereocenters. The van der Waals surface area contributed by atoms with Crippen LogP contribution in [0.1, 0.15) is 102 Å².